The molecule has 2 saturated carbocycles. The highest BCUT2D eigenvalue weighted by Crippen LogP contribution is 2.51. The van der Waals surface area contributed by atoms with Crippen molar-refractivity contribution in [1.29, 1.82) is 0 Å². The SMILES string of the molecule is c1ccc(-c2cc(-c3ccccc3)cc(-c3cc(-c4cc5c6c(c4)N(c4cc(-c7ccccc7)cc(-c7ccccc7)c4)c4cc(C7CCCCC7)ccc4B6c4ccc(C6CCCCC6)cc4N5c4cc(-c5ccccc5)cc(-c5ccccc5)c4)nc(-c4cc(-c5ccccc5)cc(-c5ccccc5)c4)n3)c2)cc1. The van der Waals surface area contributed by atoms with Gasteiger partial charge in [-0.15, -0.1) is 0 Å². The number of fused-ring (bicyclic) bond motifs is 4. The summed E-state index contributed by atoms with van der Waals surface area (Å²) in [6.07, 6.45) is 12.3. The van der Waals surface area contributed by atoms with Crippen molar-refractivity contribution in [2.24, 2.45) is 0 Å². The Morgan fingerprint density at radius 2 is 0.477 bits per heavy atom. The summed E-state index contributed by atoms with van der Waals surface area (Å²) in [7, 11) is 0. The smallest absolute Gasteiger partial charge is 0.252 e. The molecule has 15 aromatic carbocycles. The first kappa shape index (κ1) is 67.4. The van der Waals surface area contributed by atoms with E-state index in [1.54, 1.807) is 0 Å². The summed E-state index contributed by atoms with van der Waals surface area (Å²) in [5.74, 6) is 1.55. The molecule has 0 radical (unpaired) electrons. The molecule has 111 heavy (non-hydrogen) atoms. The van der Waals surface area contributed by atoms with Crippen molar-refractivity contribution in [2.75, 3.05) is 9.80 Å². The van der Waals surface area contributed by atoms with E-state index in [4.69, 9.17) is 9.97 Å². The van der Waals surface area contributed by atoms with Crippen LogP contribution in [0.25, 0.3) is 123 Å². The molecule has 2 aliphatic heterocycles. The molecule has 0 saturated heterocycles. The van der Waals surface area contributed by atoms with Crippen molar-refractivity contribution in [2.45, 2.75) is 76.0 Å². The van der Waals surface area contributed by atoms with Crippen LogP contribution in [0.1, 0.15) is 87.2 Å². The molecular formula is C106H83BN4. The Labute approximate surface area is 652 Å². The third-order valence-electron chi connectivity index (χ3n) is 23.9. The number of nitrogens with zero attached hydrogens (tertiary/aromatic N) is 4. The van der Waals surface area contributed by atoms with Crippen LogP contribution in [0, 0.1) is 0 Å². The zero-order chi connectivity index (χ0) is 73.6. The molecule has 0 spiro atoms. The van der Waals surface area contributed by atoms with Gasteiger partial charge in [-0.25, -0.2) is 9.97 Å². The summed E-state index contributed by atoms with van der Waals surface area (Å²) in [6, 6.07) is 139. The highest BCUT2D eigenvalue weighted by Gasteiger charge is 2.45. The Balaban J connectivity index is 0.923. The van der Waals surface area contributed by atoms with Crippen LogP contribution in [-0.4, -0.2) is 16.7 Å². The van der Waals surface area contributed by atoms with Gasteiger partial charge >= 0.3 is 0 Å². The fourth-order valence-electron chi connectivity index (χ4n) is 18.4. The zero-order valence-corrected chi connectivity index (χ0v) is 62.3. The summed E-state index contributed by atoms with van der Waals surface area (Å²) in [4.78, 5) is 17.4. The average molecular weight is 1420 g/mol. The summed E-state index contributed by atoms with van der Waals surface area (Å²) in [5.41, 5.74) is 36.3. The molecule has 2 aliphatic carbocycles. The minimum absolute atomic E-state index is 0.148. The number of benzene rings is 15. The highest BCUT2D eigenvalue weighted by molar-refractivity contribution is 7.00. The molecule has 2 fully saturated rings. The predicted molar refractivity (Wildman–Crippen MR) is 468 cm³/mol. The molecule has 530 valence electrons. The summed E-state index contributed by atoms with van der Waals surface area (Å²) in [6.45, 7) is -0.148. The molecule has 16 aromatic rings. The van der Waals surface area contributed by atoms with Gasteiger partial charge in [0.25, 0.3) is 6.71 Å². The van der Waals surface area contributed by atoms with E-state index in [-0.39, 0.29) is 6.71 Å². The molecule has 1 aromatic heterocycles. The molecule has 4 nitrogen and oxygen atoms in total. The molecule has 4 aliphatic rings. The Morgan fingerprint density at radius 3 is 0.775 bits per heavy atom. The van der Waals surface area contributed by atoms with E-state index in [2.05, 4.69) is 380 Å². The number of hydrogen-bond acceptors (Lipinski definition) is 4. The number of hydrogen-bond donors (Lipinski definition) is 0. The van der Waals surface area contributed by atoms with Crippen molar-refractivity contribution in [3.8, 4) is 123 Å². The second-order valence-corrected chi connectivity index (χ2v) is 30.9. The van der Waals surface area contributed by atoms with Gasteiger partial charge in [-0.1, -0.05) is 305 Å². The standard InChI is InChI=1S/C106H83BN4/c1-11-31-72(32-12-1)82-51-53-97-101(67-82)110(95-63-88(78-43-23-7-24-44-78)57-89(64-95)79-45-25-8-26-46-79)103-69-93(70-104-105(103)107(97)98-54-52-83(73-33-13-2-14-34-73)68-102(98)111(104)96-65-90(80-47-27-9-28-48-80)58-91(66-96)81-49-29-10-30-50-81)100-71-99(92-59-84(74-35-15-3-16-36-74)55-85(60-92)75-37-17-4-18-38-75)108-106(109-100)94-61-86(76-39-19-5-20-40-76)56-87(62-94)77-41-21-6-22-42-77/h3-10,15-30,35-73H,1-2,11-14,31-34H2. The Hall–Kier alpha value is -13.0. The first-order chi connectivity index (χ1) is 55.0. The maximum absolute atomic E-state index is 6.09. The molecule has 5 heteroatoms. The van der Waals surface area contributed by atoms with Gasteiger partial charge in [0, 0.05) is 50.8 Å². The zero-order valence-electron chi connectivity index (χ0n) is 62.3. The largest absolute Gasteiger partial charge is 0.311 e. The number of aromatic nitrogens is 2. The third-order valence-corrected chi connectivity index (χ3v) is 23.9. The topological polar surface area (TPSA) is 32.3 Å². The van der Waals surface area contributed by atoms with Crippen LogP contribution in [0.5, 0.6) is 0 Å². The molecule has 0 N–H and O–H groups in total. The van der Waals surface area contributed by atoms with Crippen LogP contribution in [-0.2, 0) is 0 Å². The summed E-state index contributed by atoms with van der Waals surface area (Å²) >= 11 is 0. The molecule has 0 amide bonds. The van der Waals surface area contributed by atoms with E-state index in [9.17, 15) is 0 Å². The van der Waals surface area contributed by atoms with E-state index >= 15 is 0 Å². The van der Waals surface area contributed by atoms with Gasteiger partial charge in [0.2, 0.25) is 0 Å². The Morgan fingerprint density at radius 1 is 0.216 bits per heavy atom. The van der Waals surface area contributed by atoms with Crippen LogP contribution in [0.2, 0.25) is 0 Å². The molecule has 0 bridgehead atoms. The van der Waals surface area contributed by atoms with Gasteiger partial charge in [-0.2, -0.15) is 0 Å². The normalized spacial score (nSPS) is 14.0. The lowest BCUT2D eigenvalue weighted by atomic mass is 9.33. The molecule has 0 atom stereocenters. The Bertz CT molecular complexity index is 5480. The average Bonchev–Trinajstić information content (AvgIpc) is 0.692. The van der Waals surface area contributed by atoms with Crippen LogP contribution in [0.15, 0.2) is 370 Å². The monoisotopic (exact) mass is 1420 g/mol. The van der Waals surface area contributed by atoms with E-state index in [0.717, 1.165) is 118 Å². The second-order valence-electron chi connectivity index (χ2n) is 30.9. The van der Waals surface area contributed by atoms with Crippen LogP contribution in [0.4, 0.5) is 34.1 Å². The first-order valence-electron chi connectivity index (χ1n) is 40.0. The summed E-state index contributed by atoms with van der Waals surface area (Å²) < 4.78 is 0. The van der Waals surface area contributed by atoms with Crippen LogP contribution in [0.3, 0.4) is 0 Å². The third kappa shape index (κ3) is 13.3. The van der Waals surface area contributed by atoms with E-state index in [1.165, 1.54) is 125 Å². The van der Waals surface area contributed by atoms with E-state index in [1.807, 2.05) is 0 Å². The number of rotatable bonds is 15. The van der Waals surface area contributed by atoms with Gasteiger partial charge in [-0.3, -0.25) is 0 Å². The fraction of sp³-hybridized carbons (Fsp3) is 0.113. The van der Waals surface area contributed by atoms with Crippen LogP contribution < -0.4 is 26.2 Å². The lowest BCUT2D eigenvalue weighted by molar-refractivity contribution is 0.444. The minimum atomic E-state index is -0.148. The van der Waals surface area contributed by atoms with Crippen LogP contribution >= 0.6 is 0 Å². The Kier molecular flexibility index (Phi) is 17.9. The quantitative estimate of drug-likeness (QED) is 0.0958. The van der Waals surface area contributed by atoms with Gasteiger partial charge < -0.3 is 9.80 Å². The second kappa shape index (κ2) is 29.6. The first-order valence-corrected chi connectivity index (χ1v) is 40.0. The van der Waals surface area contributed by atoms with Crippen molar-refractivity contribution in [1.82, 2.24) is 9.97 Å². The van der Waals surface area contributed by atoms with Crippen molar-refractivity contribution >= 4 is 57.2 Å². The van der Waals surface area contributed by atoms with Crippen molar-refractivity contribution < 1.29 is 0 Å². The molecule has 3 heterocycles. The molecule has 0 unspecified atom stereocenters. The van der Waals surface area contributed by atoms with Gasteiger partial charge in [0.15, 0.2) is 5.82 Å². The molecular weight excluding hydrogens is 1340 g/mol. The van der Waals surface area contributed by atoms with Gasteiger partial charge in [0.1, 0.15) is 0 Å². The number of anilines is 6. The lowest BCUT2D eigenvalue weighted by Crippen LogP contribution is -2.61. The van der Waals surface area contributed by atoms with E-state index in [0.29, 0.717) is 17.7 Å². The molecule has 20 rings (SSSR count). The summed E-state index contributed by atoms with van der Waals surface area (Å²) in [5, 5.41) is 0. The fourth-order valence-corrected chi connectivity index (χ4v) is 18.4. The van der Waals surface area contributed by atoms with Gasteiger partial charge in [0.05, 0.1) is 11.4 Å². The highest BCUT2D eigenvalue weighted by atomic mass is 15.2. The maximum Gasteiger partial charge on any atom is 0.252 e. The van der Waals surface area contributed by atoms with Crippen molar-refractivity contribution in [3.63, 3.8) is 0 Å². The minimum Gasteiger partial charge on any atom is -0.311 e. The van der Waals surface area contributed by atoms with E-state index < -0.39 is 0 Å². The lowest BCUT2D eigenvalue weighted by Gasteiger charge is -2.45. The predicted octanol–water partition coefficient (Wildman–Crippen LogP) is 27.0. The van der Waals surface area contributed by atoms with Gasteiger partial charge in [-0.05, 0) is 257 Å². The van der Waals surface area contributed by atoms with Crippen molar-refractivity contribution in [3.05, 3.63) is 381 Å². The maximum atomic E-state index is 6.09.